The molecule has 0 aliphatic carbocycles. The van der Waals surface area contributed by atoms with Crippen molar-refractivity contribution in [2.24, 2.45) is 0 Å². The molecule has 0 unspecified atom stereocenters. The number of hydrogen-bond donors (Lipinski definition) is 0. The van der Waals surface area contributed by atoms with Crippen LogP contribution in [0.15, 0.2) is 46.9 Å². The van der Waals surface area contributed by atoms with Gasteiger partial charge in [-0.05, 0) is 30.3 Å². The Morgan fingerprint density at radius 2 is 1.79 bits per heavy atom. The Kier molecular flexibility index (Phi) is 2.92. The molecule has 0 saturated carbocycles. The zero-order valence-corrected chi connectivity index (χ0v) is 11.9. The Hall–Kier alpha value is -1.65. The van der Waals surface area contributed by atoms with Crippen LogP contribution in [-0.2, 0) is 0 Å². The first-order valence-corrected chi connectivity index (χ1v) is 6.70. The summed E-state index contributed by atoms with van der Waals surface area (Å²) < 4.78 is 1.53. The molecule has 3 rings (SSSR count). The van der Waals surface area contributed by atoms with E-state index < -0.39 is 0 Å². The third kappa shape index (κ3) is 1.88. The van der Waals surface area contributed by atoms with E-state index >= 15 is 0 Å². The van der Waals surface area contributed by atoms with Gasteiger partial charge < -0.3 is 5.21 Å². The van der Waals surface area contributed by atoms with Crippen LogP contribution in [0.1, 0.15) is 15.9 Å². The average Bonchev–Trinajstić information content (AvgIpc) is 2.65. The van der Waals surface area contributed by atoms with Gasteiger partial charge in [0.1, 0.15) is 5.56 Å². The van der Waals surface area contributed by atoms with Crippen LogP contribution in [0, 0.1) is 5.21 Å². The lowest BCUT2D eigenvalue weighted by atomic mass is 10.0. The van der Waals surface area contributed by atoms with Crippen molar-refractivity contribution in [3.8, 4) is 0 Å². The molecule has 2 aromatic rings. The number of benzene rings is 2. The number of rotatable bonds is 1. The molecule has 0 atom stereocenters. The van der Waals surface area contributed by atoms with Gasteiger partial charge >= 0.3 is 0 Å². The van der Waals surface area contributed by atoms with Gasteiger partial charge in [-0.15, -0.1) is 0 Å². The maximum atomic E-state index is 12.3. The maximum Gasteiger partial charge on any atom is 0.273 e. The van der Waals surface area contributed by atoms with Crippen molar-refractivity contribution in [2.75, 3.05) is 0 Å². The minimum atomic E-state index is -0.335. The zero-order chi connectivity index (χ0) is 13.6. The number of fused-ring (bicyclic) bond motifs is 1. The van der Waals surface area contributed by atoms with Crippen LogP contribution in [-0.4, -0.2) is 16.2 Å². The average molecular weight is 337 g/mol. The summed E-state index contributed by atoms with van der Waals surface area (Å²) in [7, 11) is 0. The quantitative estimate of drug-likeness (QED) is 0.585. The molecular weight excluding hydrogens is 330 g/mol. The van der Waals surface area contributed by atoms with Gasteiger partial charge in [0.25, 0.3) is 11.5 Å². The SMILES string of the molecule is O=C1C(c2ccc(Br)cc2)=[N+]([O-])c2cccc(Cl)c21. The summed E-state index contributed by atoms with van der Waals surface area (Å²) in [5.74, 6) is -0.335. The second kappa shape index (κ2) is 4.47. The van der Waals surface area contributed by atoms with Gasteiger partial charge in [-0.3, -0.25) is 4.79 Å². The lowest BCUT2D eigenvalue weighted by molar-refractivity contribution is -0.355. The Morgan fingerprint density at radius 1 is 1.11 bits per heavy atom. The predicted molar refractivity (Wildman–Crippen MR) is 77.3 cm³/mol. The normalized spacial score (nSPS) is 13.9. The van der Waals surface area contributed by atoms with Crippen molar-refractivity contribution < 1.29 is 9.53 Å². The number of carbonyl (C=O) groups excluding carboxylic acids is 1. The summed E-state index contributed by atoms with van der Waals surface area (Å²) in [6.45, 7) is 0. The lowest BCUT2D eigenvalue weighted by Crippen LogP contribution is -2.16. The third-order valence-electron chi connectivity index (χ3n) is 2.97. The van der Waals surface area contributed by atoms with E-state index in [0.29, 0.717) is 21.0 Å². The van der Waals surface area contributed by atoms with E-state index in [1.807, 2.05) is 0 Å². The highest BCUT2D eigenvalue weighted by molar-refractivity contribution is 9.10. The standard InChI is InChI=1S/C14H7BrClNO2/c15-9-6-4-8(5-7-9)13-14(18)12-10(16)2-1-3-11(12)17(13)19/h1-7H. The Balaban J connectivity index is 2.20. The fourth-order valence-electron chi connectivity index (χ4n) is 2.09. The summed E-state index contributed by atoms with van der Waals surface area (Å²) in [5, 5.41) is 12.5. The second-order valence-corrected chi connectivity index (χ2v) is 5.44. The molecule has 19 heavy (non-hydrogen) atoms. The summed E-state index contributed by atoms with van der Waals surface area (Å²) in [6.07, 6.45) is 0. The van der Waals surface area contributed by atoms with Crippen LogP contribution in [0.2, 0.25) is 5.02 Å². The first-order valence-electron chi connectivity index (χ1n) is 5.53. The zero-order valence-electron chi connectivity index (χ0n) is 9.56. The van der Waals surface area contributed by atoms with Crippen molar-refractivity contribution in [3.05, 3.63) is 68.3 Å². The van der Waals surface area contributed by atoms with Crippen molar-refractivity contribution >= 4 is 44.7 Å². The molecule has 0 spiro atoms. The molecule has 0 fully saturated rings. The summed E-state index contributed by atoms with van der Waals surface area (Å²) in [4.78, 5) is 12.3. The predicted octanol–water partition coefficient (Wildman–Crippen LogP) is 3.93. The van der Waals surface area contributed by atoms with Crippen molar-refractivity contribution in [1.82, 2.24) is 0 Å². The largest absolute Gasteiger partial charge is 0.618 e. The highest BCUT2D eigenvalue weighted by Gasteiger charge is 2.38. The smallest absolute Gasteiger partial charge is 0.273 e. The molecule has 0 radical (unpaired) electrons. The fraction of sp³-hybridized carbons (Fsp3) is 0. The van der Waals surface area contributed by atoms with Gasteiger partial charge in [0.15, 0.2) is 0 Å². The van der Waals surface area contributed by atoms with Crippen molar-refractivity contribution in [1.29, 1.82) is 0 Å². The number of halogens is 2. The number of Topliss-reactive ketones (excluding diaryl/α,β-unsaturated/α-hetero) is 1. The Bertz CT molecular complexity index is 723. The first-order chi connectivity index (χ1) is 9.09. The number of carbonyl (C=O) groups is 1. The van der Waals surface area contributed by atoms with Crippen LogP contribution in [0.5, 0.6) is 0 Å². The Labute approximate surface area is 122 Å². The molecule has 0 amide bonds. The van der Waals surface area contributed by atoms with Crippen LogP contribution in [0.3, 0.4) is 0 Å². The van der Waals surface area contributed by atoms with Crippen LogP contribution in [0.25, 0.3) is 0 Å². The molecule has 1 aliphatic rings. The molecule has 3 nitrogen and oxygen atoms in total. The molecule has 2 aromatic carbocycles. The highest BCUT2D eigenvalue weighted by atomic mass is 79.9. The minimum Gasteiger partial charge on any atom is -0.618 e. The molecule has 0 saturated heterocycles. The first kappa shape index (κ1) is 12.4. The van der Waals surface area contributed by atoms with Crippen molar-refractivity contribution in [3.63, 3.8) is 0 Å². The van der Waals surface area contributed by atoms with Gasteiger partial charge in [0.2, 0.25) is 5.69 Å². The molecule has 94 valence electrons. The van der Waals surface area contributed by atoms with E-state index in [-0.39, 0.29) is 17.1 Å². The molecule has 1 aliphatic heterocycles. The van der Waals surface area contributed by atoms with Crippen LogP contribution in [0.4, 0.5) is 5.69 Å². The number of ketones is 1. The van der Waals surface area contributed by atoms with E-state index in [9.17, 15) is 10.0 Å². The van der Waals surface area contributed by atoms with Crippen LogP contribution < -0.4 is 0 Å². The lowest BCUT2D eigenvalue weighted by Gasteiger charge is -2.01. The van der Waals surface area contributed by atoms with E-state index in [0.717, 1.165) is 4.47 Å². The molecular formula is C14H7BrClNO2. The summed E-state index contributed by atoms with van der Waals surface area (Å²) in [5.41, 5.74) is 1.26. The topological polar surface area (TPSA) is 43.1 Å². The molecule has 0 bridgehead atoms. The number of nitrogens with zero attached hydrogens (tertiary/aromatic N) is 1. The molecule has 0 N–H and O–H groups in total. The van der Waals surface area contributed by atoms with Gasteiger partial charge in [0, 0.05) is 10.5 Å². The fourth-order valence-corrected chi connectivity index (χ4v) is 2.61. The monoisotopic (exact) mass is 335 g/mol. The van der Waals surface area contributed by atoms with E-state index in [1.165, 1.54) is 0 Å². The molecule has 1 heterocycles. The molecule has 5 heteroatoms. The Morgan fingerprint density at radius 3 is 2.42 bits per heavy atom. The van der Waals surface area contributed by atoms with E-state index in [2.05, 4.69) is 15.9 Å². The van der Waals surface area contributed by atoms with Crippen molar-refractivity contribution in [2.45, 2.75) is 0 Å². The molecule has 0 aromatic heterocycles. The number of hydrogen-bond acceptors (Lipinski definition) is 2. The van der Waals surface area contributed by atoms with Gasteiger partial charge in [-0.1, -0.05) is 33.6 Å². The second-order valence-electron chi connectivity index (χ2n) is 4.11. The highest BCUT2D eigenvalue weighted by Crippen LogP contribution is 2.33. The van der Waals surface area contributed by atoms with Crippen LogP contribution >= 0.6 is 27.5 Å². The maximum absolute atomic E-state index is 12.3. The van der Waals surface area contributed by atoms with Gasteiger partial charge in [-0.2, -0.15) is 4.74 Å². The third-order valence-corrected chi connectivity index (χ3v) is 3.82. The summed E-state index contributed by atoms with van der Waals surface area (Å²) >= 11 is 9.32. The minimum absolute atomic E-state index is 0.107. The van der Waals surface area contributed by atoms with E-state index in [1.54, 1.807) is 42.5 Å². The van der Waals surface area contributed by atoms with Gasteiger partial charge in [-0.25, -0.2) is 0 Å². The summed E-state index contributed by atoms with van der Waals surface area (Å²) in [6, 6.07) is 11.9. The van der Waals surface area contributed by atoms with E-state index in [4.69, 9.17) is 11.6 Å². The van der Waals surface area contributed by atoms with Gasteiger partial charge in [0.05, 0.1) is 10.6 Å².